The number of carbonyl (C=O) groups excluding carboxylic acids is 4. The quantitative estimate of drug-likeness (QED) is 0.102. The summed E-state index contributed by atoms with van der Waals surface area (Å²) >= 11 is 37.3. The molecule has 2 unspecified atom stereocenters. The predicted octanol–water partition coefficient (Wildman–Crippen LogP) is 10.6. The van der Waals surface area contributed by atoms with E-state index in [2.05, 4.69) is 41.5 Å². The lowest BCUT2D eigenvalue weighted by Crippen LogP contribution is -2.27. The molecule has 0 bridgehead atoms. The highest BCUT2D eigenvalue weighted by Gasteiger charge is 2.32. The Hall–Kier alpha value is -1.94. The highest BCUT2D eigenvalue weighted by molar-refractivity contribution is 6.47. The Kier molecular flexibility index (Phi) is 14.4. The van der Waals surface area contributed by atoms with Crippen molar-refractivity contribution >= 4 is 93.5 Å². The van der Waals surface area contributed by atoms with Crippen molar-refractivity contribution in [1.82, 2.24) is 0 Å². The molecule has 2 rings (SSSR count). The summed E-state index contributed by atoms with van der Waals surface area (Å²) in [7, 11) is 0. The predicted molar refractivity (Wildman–Crippen MR) is 181 cm³/mol. The highest BCUT2D eigenvalue weighted by atomic mass is 35.5. The van der Waals surface area contributed by atoms with E-state index in [1.165, 1.54) is 0 Å². The average Bonchev–Trinajstić information content (AvgIpc) is 2.93. The molecule has 0 spiro atoms. The van der Waals surface area contributed by atoms with Crippen LogP contribution in [0, 0.1) is 22.7 Å². The van der Waals surface area contributed by atoms with Crippen molar-refractivity contribution in [3.8, 4) is 11.5 Å². The third kappa shape index (κ3) is 10.5. The maximum absolute atomic E-state index is 13.1. The third-order valence-electron chi connectivity index (χ3n) is 7.74. The molecule has 14 heteroatoms. The second kappa shape index (κ2) is 16.4. The van der Waals surface area contributed by atoms with Gasteiger partial charge in [0, 0.05) is 0 Å². The maximum Gasteiger partial charge on any atom is 0.423 e. The molecule has 2 atom stereocenters. The van der Waals surface area contributed by atoms with E-state index >= 15 is 0 Å². The summed E-state index contributed by atoms with van der Waals surface area (Å²) in [5.74, 6) is -6.12. The van der Waals surface area contributed by atoms with E-state index in [1.807, 2.05) is 13.8 Å². The van der Waals surface area contributed by atoms with Gasteiger partial charge in [0.2, 0.25) is 0 Å². The molecule has 2 aromatic rings. The standard InChI is InChI=1S/C32H36Cl6O8/c1-15(31(3,4)5)9-11-43-27(39)21-23(37)17(33)13-19(35)25(21)45-29(41)30(42)46-26-20(36)14-18(34)24(38)22(26)28(40)44-12-10-16(2)32(6,7)8/h13-16H,9-12H2,1-8H3. The zero-order chi connectivity index (χ0) is 35.3. The minimum Gasteiger partial charge on any atom is -0.462 e. The molecule has 0 aliphatic heterocycles. The second-order valence-corrected chi connectivity index (χ2v) is 15.3. The Morgan fingerprint density at radius 1 is 0.587 bits per heavy atom. The van der Waals surface area contributed by atoms with Crippen molar-refractivity contribution in [1.29, 1.82) is 0 Å². The van der Waals surface area contributed by atoms with Crippen LogP contribution in [0.5, 0.6) is 11.5 Å². The number of halogens is 6. The van der Waals surface area contributed by atoms with Crippen LogP contribution in [0.4, 0.5) is 0 Å². The van der Waals surface area contributed by atoms with Gasteiger partial charge in [0.1, 0.15) is 11.1 Å². The summed E-state index contributed by atoms with van der Waals surface area (Å²) in [5, 5.41) is -1.57. The second-order valence-electron chi connectivity index (χ2n) is 12.9. The molecule has 0 aliphatic carbocycles. The summed E-state index contributed by atoms with van der Waals surface area (Å²) in [6, 6.07) is 2.23. The van der Waals surface area contributed by atoms with Crippen molar-refractivity contribution in [2.24, 2.45) is 22.7 Å². The number of carbonyl (C=O) groups is 4. The van der Waals surface area contributed by atoms with Crippen LogP contribution in [0.15, 0.2) is 12.1 Å². The van der Waals surface area contributed by atoms with E-state index in [9.17, 15) is 19.2 Å². The smallest absolute Gasteiger partial charge is 0.423 e. The fourth-order valence-corrected chi connectivity index (χ4v) is 5.10. The topological polar surface area (TPSA) is 105 Å². The lowest BCUT2D eigenvalue weighted by Gasteiger charge is -2.27. The summed E-state index contributed by atoms with van der Waals surface area (Å²) in [6.45, 7) is 16.3. The molecule has 46 heavy (non-hydrogen) atoms. The molecule has 0 saturated carbocycles. The highest BCUT2D eigenvalue weighted by Crippen LogP contribution is 2.42. The lowest BCUT2D eigenvalue weighted by atomic mass is 9.80. The van der Waals surface area contributed by atoms with Gasteiger partial charge in [0.05, 0.1) is 43.3 Å². The Morgan fingerprint density at radius 3 is 1.17 bits per heavy atom. The third-order valence-corrected chi connectivity index (χ3v) is 9.88. The number of rotatable bonds is 10. The Morgan fingerprint density at radius 2 is 0.891 bits per heavy atom. The van der Waals surface area contributed by atoms with E-state index in [0.717, 1.165) is 12.1 Å². The van der Waals surface area contributed by atoms with E-state index in [1.54, 1.807) is 0 Å². The fourth-order valence-electron chi connectivity index (χ4n) is 3.66. The van der Waals surface area contributed by atoms with Crippen LogP contribution in [0.2, 0.25) is 30.1 Å². The molecule has 0 radical (unpaired) electrons. The van der Waals surface area contributed by atoms with Gasteiger partial charge in [0.25, 0.3) is 0 Å². The minimum atomic E-state index is -1.66. The van der Waals surface area contributed by atoms with Crippen molar-refractivity contribution in [3.05, 3.63) is 53.4 Å². The van der Waals surface area contributed by atoms with Crippen LogP contribution in [0.3, 0.4) is 0 Å². The molecule has 2 aromatic carbocycles. The lowest BCUT2D eigenvalue weighted by molar-refractivity contribution is -0.156. The summed E-state index contributed by atoms with van der Waals surface area (Å²) in [4.78, 5) is 52.0. The summed E-state index contributed by atoms with van der Waals surface area (Å²) < 4.78 is 21.1. The van der Waals surface area contributed by atoms with Gasteiger partial charge in [-0.25, -0.2) is 19.2 Å². The molecule has 0 N–H and O–H groups in total. The Labute approximate surface area is 299 Å². The number of ether oxygens (including phenoxy) is 4. The first kappa shape index (κ1) is 40.2. The zero-order valence-corrected chi connectivity index (χ0v) is 31.2. The van der Waals surface area contributed by atoms with E-state index in [-0.39, 0.29) is 66.0 Å². The zero-order valence-electron chi connectivity index (χ0n) is 26.7. The largest absolute Gasteiger partial charge is 0.462 e. The van der Waals surface area contributed by atoms with Gasteiger partial charge < -0.3 is 18.9 Å². The van der Waals surface area contributed by atoms with Gasteiger partial charge in [-0.15, -0.1) is 0 Å². The molecule has 8 nitrogen and oxygen atoms in total. The Bertz CT molecular complexity index is 1380. The van der Waals surface area contributed by atoms with Gasteiger partial charge in [-0.1, -0.05) is 125 Å². The first-order chi connectivity index (χ1) is 21.1. The van der Waals surface area contributed by atoms with Crippen molar-refractivity contribution < 1.29 is 38.1 Å². The molecule has 0 amide bonds. The van der Waals surface area contributed by atoms with E-state index < -0.39 is 46.5 Å². The van der Waals surface area contributed by atoms with Crippen LogP contribution in [-0.2, 0) is 19.1 Å². The fraction of sp³-hybridized carbons (Fsp3) is 0.500. The van der Waals surface area contributed by atoms with Crippen LogP contribution in [-0.4, -0.2) is 37.1 Å². The van der Waals surface area contributed by atoms with Crippen molar-refractivity contribution in [2.75, 3.05) is 13.2 Å². The maximum atomic E-state index is 13.1. The summed E-state index contributed by atoms with van der Waals surface area (Å²) in [6.07, 6.45) is 1.04. The first-order valence-corrected chi connectivity index (χ1v) is 16.5. The Balaban J connectivity index is 2.32. The molecule has 0 aromatic heterocycles. The van der Waals surface area contributed by atoms with Crippen molar-refractivity contribution in [3.63, 3.8) is 0 Å². The molecule has 0 fully saturated rings. The van der Waals surface area contributed by atoms with Gasteiger partial charge in [0.15, 0.2) is 11.5 Å². The SMILES string of the molecule is CC(CCOC(=O)c1c(Cl)c(Cl)cc(Cl)c1OC(=O)C(=O)Oc1c(Cl)cc(Cl)c(Cl)c1C(=O)OCCC(C)C(C)(C)C)C(C)(C)C. The molecule has 254 valence electrons. The van der Waals surface area contributed by atoms with Crippen LogP contribution >= 0.6 is 69.6 Å². The van der Waals surface area contributed by atoms with E-state index in [0.29, 0.717) is 12.8 Å². The number of esters is 4. The van der Waals surface area contributed by atoms with Crippen molar-refractivity contribution in [2.45, 2.75) is 68.2 Å². The minimum absolute atomic E-state index is 0.0109. The summed E-state index contributed by atoms with van der Waals surface area (Å²) in [5.41, 5.74) is -1.04. The van der Waals surface area contributed by atoms with Crippen LogP contribution in [0.25, 0.3) is 0 Å². The van der Waals surface area contributed by atoms with Gasteiger partial charge >= 0.3 is 23.9 Å². The molecular formula is C32H36Cl6O8. The molecular weight excluding hydrogens is 725 g/mol. The first-order valence-electron chi connectivity index (χ1n) is 14.2. The van der Waals surface area contributed by atoms with Gasteiger partial charge in [-0.3, -0.25) is 0 Å². The number of benzene rings is 2. The van der Waals surface area contributed by atoms with Crippen LogP contribution in [0.1, 0.15) is 88.9 Å². The normalized spacial score (nSPS) is 13.1. The van der Waals surface area contributed by atoms with E-state index in [4.69, 9.17) is 88.6 Å². The van der Waals surface area contributed by atoms with Gasteiger partial charge in [-0.05, 0) is 47.6 Å². The van der Waals surface area contributed by atoms with Crippen LogP contribution < -0.4 is 9.47 Å². The van der Waals surface area contributed by atoms with Gasteiger partial charge in [-0.2, -0.15) is 0 Å². The molecule has 0 saturated heterocycles. The molecule has 0 aliphatic rings. The average molecular weight is 761 g/mol. The number of hydrogen-bond acceptors (Lipinski definition) is 8. The molecule has 0 heterocycles. The monoisotopic (exact) mass is 758 g/mol. The number of hydrogen-bond donors (Lipinski definition) is 0.